The molecule has 2 rings (SSSR count). The average Bonchev–Trinajstić information content (AvgIpc) is 2.72. The quantitative estimate of drug-likeness (QED) is 0.782. The summed E-state index contributed by atoms with van der Waals surface area (Å²) in [6, 6.07) is 8.27. The van der Waals surface area contributed by atoms with Crippen LogP contribution in [0.5, 0.6) is 0 Å². The number of sulfone groups is 1. The second kappa shape index (κ2) is 5.72. The van der Waals surface area contributed by atoms with Crippen molar-refractivity contribution in [3.8, 4) is 0 Å². The standard InChI is InChI=1S/C12H11ClINO3S/c1-19(16,17)9-3-4-10(13)11(6-9)15-7-8-2-5-12(14)18-8/h2-6,15H,7H2,1H3. The molecule has 4 nitrogen and oxygen atoms in total. The van der Waals surface area contributed by atoms with Crippen molar-refractivity contribution in [1.29, 1.82) is 0 Å². The smallest absolute Gasteiger partial charge is 0.175 e. The minimum atomic E-state index is -3.24. The normalized spacial score (nSPS) is 11.5. The predicted molar refractivity (Wildman–Crippen MR) is 83.3 cm³/mol. The Kier molecular flexibility index (Phi) is 4.42. The molecule has 0 unspecified atom stereocenters. The molecule has 0 radical (unpaired) electrons. The van der Waals surface area contributed by atoms with E-state index < -0.39 is 9.84 Å². The molecule has 0 amide bonds. The van der Waals surface area contributed by atoms with Gasteiger partial charge in [0.2, 0.25) is 0 Å². The summed E-state index contributed by atoms with van der Waals surface area (Å²) in [7, 11) is -3.24. The van der Waals surface area contributed by atoms with E-state index in [1.807, 2.05) is 12.1 Å². The summed E-state index contributed by atoms with van der Waals surface area (Å²) in [6.45, 7) is 0.440. The maximum atomic E-state index is 11.5. The highest BCUT2D eigenvalue weighted by Gasteiger charge is 2.10. The van der Waals surface area contributed by atoms with Gasteiger partial charge in [0.05, 0.1) is 22.2 Å². The van der Waals surface area contributed by atoms with Gasteiger partial charge in [-0.1, -0.05) is 11.6 Å². The molecule has 1 heterocycles. The van der Waals surface area contributed by atoms with Gasteiger partial charge in [0.25, 0.3) is 0 Å². The predicted octanol–water partition coefficient (Wildman–Crippen LogP) is 3.55. The highest BCUT2D eigenvalue weighted by molar-refractivity contribution is 14.1. The lowest BCUT2D eigenvalue weighted by Crippen LogP contribution is -2.02. The van der Waals surface area contributed by atoms with Crippen LogP contribution in [-0.4, -0.2) is 14.7 Å². The van der Waals surface area contributed by atoms with Crippen LogP contribution in [0.1, 0.15) is 5.76 Å². The Balaban J connectivity index is 2.20. The summed E-state index contributed by atoms with van der Waals surface area (Å²) in [5, 5.41) is 3.53. The zero-order valence-corrected chi connectivity index (χ0v) is 13.7. The van der Waals surface area contributed by atoms with E-state index in [0.717, 1.165) is 15.8 Å². The molecule has 0 aliphatic rings. The molecule has 19 heavy (non-hydrogen) atoms. The van der Waals surface area contributed by atoms with E-state index in [1.54, 1.807) is 6.07 Å². The zero-order chi connectivity index (χ0) is 14.0. The third-order valence-corrected chi connectivity index (χ3v) is 4.47. The largest absolute Gasteiger partial charge is 0.454 e. The lowest BCUT2D eigenvalue weighted by Gasteiger charge is -2.08. The van der Waals surface area contributed by atoms with Gasteiger partial charge in [0, 0.05) is 6.26 Å². The molecule has 0 aliphatic carbocycles. The number of halogens is 2. The van der Waals surface area contributed by atoms with Gasteiger partial charge in [-0.05, 0) is 52.9 Å². The molecule has 0 bridgehead atoms. The first-order valence-electron chi connectivity index (χ1n) is 5.34. The first kappa shape index (κ1) is 14.7. The van der Waals surface area contributed by atoms with Gasteiger partial charge in [-0.15, -0.1) is 0 Å². The van der Waals surface area contributed by atoms with E-state index in [9.17, 15) is 8.42 Å². The fraction of sp³-hybridized carbons (Fsp3) is 0.167. The second-order valence-electron chi connectivity index (χ2n) is 3.97. The van der Waals surface area contributed by atoms with Crippen molar-refractivity contribution in [2.24, 2.45) is 0 Å². The molecule has 0 saturated carbocycles. The number of hydrogen-bond acceptors (Lipinski definition) is 4. The Labute approximate surface area is 130 Å². The molecule has 0 saturated heterocycles. The highest BCUT2D eigenvalue weighted by atomic mass is 127. The average molecular weight is 412 g/mol. The van der Waals surface area contributed by atoms with E-state index in [2.05, 4.69) is 27.9 Å². The number of hydrogen-bond donors (Lipinski definition) is 1. The van der Waals surface area contributed by atoms with Gasteiger partial charge >= 0.3 is 0 Å². The van der Waals surface area contributed by atoms with Gasteiger partial charge in [-0.25, -0.2) is 8.42 Å². The molecule has 1 aromatic heterocycles. The lowest BCUT2D eigenvalue weighted by molar-refractivity contribution is 0.493. The van der Waals surface area contributed by atoms with E-state index >= 15 is 0 Å². The van der Waals surface area contributed by atoms with Crippen molar-refractivity contribution in [3.63, 3.8) is 0 Å². The Morgan fingerprint density at radius 2 is 2.05 bits per heavy atom. The molecule has 0 aliphatic heterocycles. The van der Waals surface area contributed by atoms with Crippen LogP contribution in [0.15, 0.2) is 39.6 Å². The Morgan fingerprint density at radius 3 is 2.63 bits per heavy atom. The lowest BCUT2D eigenvalue weighted by atomic mass is 10.3. The van der Waals surface area contributed by atoms with Crippen LogP contribution >= 0.6 is 34.2 Å². The maximum absolute atomic E-state index is 11.5. The second-order valence-corrected chi connectivity index (χ2v) is 7.46. The summed E-state index contributed by atoms with van der Waals surface area (Å²) >= 11 is 8.11. The Hall–Kier alpha value is -0.730. The number of benzene rings is 1. The highest BCUT2D eigenvalue weighted by Crippen LogP contribution is 2.26. The third kappa shape index (κ3) is 3.87. The molecule has 102 valence electrons. The van der Waals surface area contributed by atoms with Crippen molar-refractivity contribution in [1.82, 2.24) is 0 Å². The van der Waals surface area contributed by atoms with Crippen LogP contribution in [0.4, 0.5) is 5.69 Å². The SMILES string of the molecule is CS(=O)(=O)c1ccc(Cl)c(NCc2ccc(I)o2)c1. The van der Waals surface area contributed by atoms with Crippen LogP contribution in [-0.2, 0) is 16.4 Å². The minimum Gasteiger partial charge on any atom is -0.454 e. The summed E-state index contributed by atoms with van der Waals surface area (Å²) in [4.78, 5) is 0.230. The molecule has 7 heteroatoms. The Morgan fingerprint density at radius 1 is 1.32 bits per heavy atom. The molecule has 0 fully saturated rings. The molecule has 0 atom stereocenters. The van der Waals surface area contributed by atoms with Gasteiger partial charge in [0.1, 0.15) is 5.76 Å². The molecular weight excluding hydrogens is 401 g/mol. The topological polar surface area (TPSA) is 59.3 Å². The molecular formula is C12H11ClINO3S. The Bertz CT molecular complexity index is 697. The van der Waals surface area contributed by atoms with Crippen molar-refractivity contribution >= 4 is 49.7 Å². The monoisotopic (exact) mass is 411 g/mol. The molecule has 1 aromatic carbocycles. The van der Waals surface area contributed by atoms with Crippen LogP contribution in [0.3, 0.4) is 0 Å². The van der Waals surface area contributed by atoms with Crippen molar-refractivity contribution < 1.29 is 12.8 Å². The van der Waals surface area contributed by atoms with Crippen molar-refractivity contribution in [2.45, 2.75) is 11.4 Å². The molecule has 1 N–H and O–H groups in total. The number of nitrogens with one attached hydrogen (secondary N) is 1. The summed E-state index contributed by atoms with van der Waals surface area (Å²) in [5.74, 6) is 0.755. The van der Waals surface area contributed by atoms with Crippen LogP contribution in [0, 0.1) is 3.77 Å². The van der Waals surface area contributed by atoms with E-state index in [4.69, 9.17) is 16.0 Å². The van der Waals surface area contributed by atoms with Crippen LogP contribution < -0.4 is 5.32 Å². The number of anilines is 1. The van der Waals surface area contributed by atoms with E-state index in [-0.39, 0.29) is 4.90 Å². The van der Waals surface area contributed by atoms with E-state index in [0.29, 0.717) is 17.3 Å². The molecule has 2 aromatic rings. The maximum Gasteiger partial charge on any atom is 0.175 e. The number of rotatable bonds is 4. The van der Waals surface area contributed by atoms with Gasteiger partial charge < -0.3 is 9.73 Å². The van der Waals surface area contributed by atoms with E-state index in [1.165, 1.54) is 12.1 Å². The van der Waals surface area contributed by atoms with Gasteiger partial charge in [-0.3, -0.25) is 0 Å². The molecule has 0 spiro atoms. The fourth-order valence-corrected chi connectivity index (χ4v) is 2.79. The summed E-state index contributed by atoms with van der Waals surface area (Å²) in [6.07, 6.45) is 1.16. The fourth-order valence-electron chi connectivity index (χ4n) is 1.50. The first-order chi connectivity index (χ1) is 8.86. The van der Waals surface area contributed by atoms with Crippen LogP contribution in [0.2, 0.25) is 5.02 Å². The summed E-state index contributed by atoms with van der Waals surface area (Å²) in [5.41, 5.74) is 0.566. The minimum absolute atomic E-state index is 0.230. The van der Waals surface area contributed by atoms with Gasteiger partial charge in [-0.2, -0.15) is 0 Å². The van der Waals surface area contributed by atoms with Crippen molar-refractivity contribution in [2.75, 3.05) is 11.6 Å². The van der Waals surface area contributed by atoms with Crippen LogP contribution in [0.25, 0.3) is 0 Å². The van der Waals surface area contributed by atoms with Crippen molar-refractivity contribution in [3.05, 3.63) is 44.9 Å². The number of furan rings is 1. The first-order valence-corrected chi connectivity index (χ1v) is 8.69. The third-order valence-electron chi connectivity index (χ3n) is 2.45. The van der Waals surface area contributed by atoms with Gasteiger partial charge in [0.15, 0.2) is 13.6 Å². The zero-order valence-electron chi connectivity index (χ0n) is 9.98. The summed E-state index contributed by atoms with van der Waals surface area (Å²) < 4.78 is 29.2.